The summed E-state index contributed by atoms with van der Waals surface area (Å²) < 4.78 is 0. The van der Waals surface area contributed by atoms with Gasteiger partial charge in [-0.25, -0.2) is 0 Å². The van der Waals surface area contributed by atoms with Crippen molar-refractivity contribution in [1.29, 1.82) is 0 Å². The van der Waals surface area contributed by atoms with E-state index in [9.17, 15) is 0 Å². The Hall–Kier alpha value is -1.56. The molecule has 0 fully saturated rings. The Balaban J connectivity index is 2.32. The zero-order valence-electron chi connectivity index (χ0n) is 17.6. The van der Waals surface area contributed by atoms with Crippen molar-refractivity contribution < 1.29 is 0 Å². The van der Waals surface area contributed by atoms with Crippen molar-refractivity contribution in [1.82, 2.24) is 0 Å². The molecule has 0 heteroatoms. The van der Waals surface area contributed by atoms with Crippen LogP contribution in [-0.4, -0.2) is 0 Å². The average Bonchev–Trinajstić information content (AvgIpc) is 2.81. The van der Waals surface area contributed by atoms with Crippen molar-refractivity contribution in [3.8, 4) is 11.1 Å². The van der Waals surface area contributed by atoms with Crippen molar-refractivity contribution >= 4 is 0 Å². The molecule has 2 aromatic rings. The molecule has 1 aliphatic rings. The average molecular weight is 335 g/mol. The Morgan fingerprint density at radius 3 is 1.80 bits per heavy atom. The highest BCUT2D eigenvalue weighted by Gasteiger charge is 2.32. The molecule has 0 aromatic heterocycles. The maximum Gasteiger partial charge on any atom is -0.00103 e. The van der Waals surface area contributed by atoms with E-state index >= 15 is 0 Å². The summed E-state index contributed by atoms with van der Waals surface area (Å²) in [5, 5.41) is 0. The van der Waals surface area contributed by atoms with Crippen LogP contribution in [0.4, 0.5) is 0 Å². The smallest absolute Gasteiger partial charge is 0.00103 e. The zero-order valence-corrected chi connectivity index (χ0v) is 17.6. The lowest BCUT2D eigenvalue weighted by Gasteiger charge is -2.28. The Bertz CT molecular complexity index is 815. The fourth-order valence-corrected chi connectivity index (χ4v) is 4.09. The first-order valence-electron chi connectivity index (χ1n) is 9.61. The van der Waals surface area contributed by atoms with Crippen LogP contribution in [0.15, 0.2) is 30.3 Å². The van der Waals surface area contributed by atoms with Gasteiger partial charge in [-0.05, 0) is 61.6 Å². The van der Waals surface area contributed by atoms with Gasteiger partial charge in [-0.3, -0.25) is 0 Å². The first-order chi connectivity index (χ1) is 11.3. The van der Waals surface area contributed by atoms with E-state index in [-0.39, 0.29) is 16.2 Å². The van der Waals surface area contributed by atoms with E-state index in [4.69, 9.17) is 0 Å². The highest BCUT2D eigenvalue weighted by Crippen LogP contribution is 2.47. The van der Waals surface area contributed by atoms with Gasteiger partial charge in [0.1, 0.15) is 0 Å². The van der Waals surface area contributed by atoms with Gasteiger partial charge in [-0.1, -0.05) is 92.6 Å². The number of rotatable bonds is 0. The van der Waals surface area contributed by atoms with Gasteiger partial charge in [0.2, 0.25) is 0 Å². The van der Waals surface area contributed by atoms with Gasteiger partial charge >= 0.3 is 0 Å². The summed E-state index contributed by atoms with van der Waals surface area (Å²) in [5.41, 5.74) is 11.0. The van der Waals surface area contributed by atoms with Crippen molar-refractivity contribution in [3.63, 3.8) is 0 Å². The minimum Gasteiger partial charge on any atom is -0.0613 e. The molecule has 25 heavy (non-hydrogen) atoms. The van der Waals surface area contributed by atoms with Gasteiger partial charge in [-0.15, -0.1) is 0 Å². The van der Waals surface area contributed by atoms with Crippen LogP contribution in [0.1, 0.15) is 90.1 Å². The molecule has 2 aromatic carbocycles. The van der Waals surface area contributed by atoms with Crippen molar-refractivity contribution in [2.24, 2.45) is 0 Å². The zero-order chi connectivity index (χ0) is 18.8. The van der Waals surface area contributed by atoms with Gasteiger partial charge < -0.3 is 0 Å². The van der Waals surface area contributed by atoms with Crippen LogP contribution in [0, 0.1) is 0 Å². The molecule has 0 heterocycles. The second kappa shape index (κ2) is 5.47. The predicted octanol–water partition coefficient (Wildman–Crippen LogP) is 7.15. The Kier molecular flexibility index (Phi) is 3.99. The standard InChI is InChI=1S/C25H34/c1-23(2,3)17-13-16-14-19-18(11-10-12-20(19)24(4,5)6)22(16)21(15-17)25(7,8)9/h10-13,15H,14H2,1-9H3. The maximum atomic E-state index is 2.47. The molecule has 0 bridgehead atoms. The minimum atomic E-state index is 0.144. The van der Waals surface area contributed by atoms with Crippen LogP contribution in [0.5, 0.6) is 0 Å². The molecule has 0 amide bonds. The molecule has 0 nitrogen and oxygen atoms in total. The number of fused-ring (bicyclic) bond motifs is 3. The maximum absolute atomic E-state index is 2.47. The van der Waals surface area contributed by atoms with Gasteiger partial charge in [0.05, 0.1) is 0 Å². The third-order valence-electron chi connectivity index (χ3n) is 5.51. The summed E-state index contributed by atoms with van der Waals surface area (Å²) in [6.45, 7) is 21.0. The van der Waals surface area contributed by atoms with Crippen LogP contribution >= 0.6 is 0 Å². The van der Waals surface area contributed by atoms with Crippen molar-refractivity contribution in [2.45, 2.75) is 85.0 Å². The fraction of sp³-hybridized carbons (Fsp3) is 0.520. The van der Waals surface area contributed by atoms with Crippen LogP contribution in [0.25, 0.3) is 11.1 Å². The van der Waals surface area contributed by atoms with E-state index in [0.29, 0.717) is 0 Å². The third kappa shape index (κ3) is 3.16. The largest absolute Gasteiger partial charge is 0.0613 e. The van der Waals surface area contributed by atoms with E-state index in [1.807, 2.05) is 0 Å². The SMILES string of the molecule is CC(C)(C)c1cc2c(c(C(C)(C)C)c1)-c1cccc(C(C)(C)C)c1C2. The first-order valence-corrected chi connectivity index (χ1v) is 9.61. The molecule has 0 saturated heterocycles. The molecular weight excluding hydrogens is 300 g/mol. The molecular formula is C25H34. The molecule has 134 valence electrons. The fourth-order valence-electron chi connectivity index (χ4n) is 4.09. The molecule has 0 unspecified atom stereocenters. The normalized spacial score (nSPS) is 14.4. The van der Waals surface area contributed by atoms with Crippen LogP contribution in [0.2, 0.25) is 0 Å². The first kappa shape index (κ1) is 18.2. The summed E-state index contributed by atoms with van der Waals surface area (Å²) in [6, 6.07) is 11.8. The second-order valence-electron chi connectivity index (χ2n) is 10.8. The molecule has 0 N–H and O–H groups in total. The van der Waals surface area contributed by atoms with Crippen molar-refractivity contribution in [2.75, 3.05) is 0 Å². The quantitative estimate of drug-likeness (QED) is 0.409. The number of hydrogen-bond donors (Lipinski definition) is 0. The molecule has 0 atom stereocenters. The van der Waals surface area contributed by atoms with E-state index in [1.165, 1.54) is 33.4 Å². The monoisotopic (exact) mass is 334 g/mol. The lowest BCUT2D eigenvalue weighted by Crippen LogP contribution is -2.18. The third-order valence-corrected chi connectivity index (χ3v) is 5.51. The van der Waals surface area contributed by atoms with E-state index in [1.54, 1.807) is 5.56 Å². The summed E-state index contributed by atoms with van der Waals surface area (Å²) in [5.74, 6) is 0. The molecule has 0 spiro atoms. The Labute approximate surface area is 154 Å². The van der Waals surface area contributed by atoms with Gasteiger partial charge in [0.15, 0.2) is 0 Å². The van der Waals surface area contributed by atoms with Crippen molar-refractivity contribution in [3.05, 3.63) is 58.1 Å². The summed E-state index contributed by atoms with van der Waals surface area (Å²) in [6.07, 6.45) is 1.07. The van der Waals surface area contributed by atoms with Crippen LogP contribution in [-0.2, 0) is 22.7 Å². The Morgan fingerprint density at radius 2 is 1.28 bits per heavy atom. The van der Waals surface area contributed by atoms with Gasteiger partial charge in [0, 0.05) is 0 Å². The molecule has 0 aliphatic heterocycles. The van der Waals surface area contributed by atoms with E-state index in [2.05, 4.69) is 92.6 Å². The summed E-state index contributed by atoms with van der Waals surface area (Å²) in [4.78, 5) is 0. The van der Waals surface area contributed by atoms with E-state index < -0.39 is 0 Å². The number of benzene rings is 2. The highest BCUT2D eigenvalue weighted by molar-refractivity contribution is 5.82. The van der Waals surface area contributed by atoms with Gasteiger partial charge in [-0.2, -0.15) is 0 Å². The second-order valence-corrected chi connectivity index (χ2v) is 10.8. The number of hydrogen-bond acceptors (Lipinski definition) is 0. The summed E-state index contributed by atoms with van der Waals surface area (Å²) >= 11 is 0. The minimum absolute atomic E-state index is 0.144. The van der Waals surface area contributed by atoms with E-state index in [0.717, 1.165) is 6.42 Å². The Morgan fingerprint density at radius 1 is 0.680 bits per heavy atom. The summed E-state index contributed by atoms with van der Waals surface area (Å²) in [7, 11) is 0. The predicted molar refractivity (Wildman–Crippen MR) is 111 cm³/mol. The molecule has 0 saturated carbocycles. The molecule has 1 aliphatic carbocycles. The molecule has 3 rings (SSSR count). The highest BCUT2D eigenvalue weighted by atomic mass is 14.4. The van der Waals surface area contributed by atoms with Crippen LogP contribution in [0.3, 0.4) is 0 Å². The topological polar surface area (TPSA) is 0 Å². The van der Waals surface area contributed by atoms with Gasteiger partial charge in [0.25, 0.3) is 0 Å². The molecule has 0 radical (unpaired) electrons. The lowest BCUT2D eigenvalue weighted by molar-refractivity contribution is 0.569. The van der Waals surface area contributed by atoms with Crippen LogP contribution < -0.4 is 0 Å². The lowest BCUT2D eigenvalue weighted by atomic mass is 9.76.